The smallest absolute Gasteiger partial charge is 0.241 e. The Morgan fingerprint density at radius 2 is 1.86 bits per heavy atom. The van der Waals surface area contributed by atoms with Crippen molar-refractivity contribution in [3.8, 4) is 6.07 Å². The van der Waals surface area contributed by atoms with Gasteiger partial charge in [-0.2, -0.15) is 5.26 Å². The summed E-state index contributed by atoms with van der Waals surface area (Å²) in [7, 11) is -3.52. The zero-order valence-electron chi connectivity index (χ0n) is 17.4. The molecule has 0 amide bonds. The highest BCUT2D eigenvalue weighted by atomic mass is 32.2. The van der Waals surface area contributed by atoms with Gasteiger partial charge in [-0.25, -0.2) is 13.1 Å². The van der Waals surface area contributed by atoms with Gasteiger partial charge < -0.3 is 5.32 Å². The van der Waals surface area contributed by atoms with E-state index in [9.17, 15) is 13.7 Å². The lowest BCUT2D eigenvalue weighted by molar-refractivity contribution is 0.575. The van der Waals surface area contributed by atoms with Crippen molar-refractivity contribution in [3.05, 3.63) is 57.6 Å². The first-order chi connectivity index (χ1) is 13.8. The van der Waals surface area contributed by atoms with Crippen LogP contribution in [0.1, 0.15) is 52.6 Å². The van der Waals surface area contributed by atoms with Gasteiger partial charge in [-0.3, -0.25) is 0 Å². The van der Waals surface area contributed by atoms with E-state index in [0.717, 1.165) is 72.2 Å². The molecule has 5 nitrogen and oxygen atoms in total. The van der Waals surface area contributed by atoms with E-state index < -0.39 is 10.0 Å². The number of nitriles is 1. The number of aryl methyl sites for hydroxylation is 3. The summed E-state index contributed by atoms with van der Waals surface area (Å²) in [6.07, 6.45) is 4.42. The predicted octanol–water partition coefficient (Wildman–Crippen LogP) is 4.14. The third-order valence-electron chi connectivity index (χ3n) is 5.49. The second kappa shape index (κ2) is 8.98. The molecule has 2 aromatic carbocycles. The third kappa shape index (κ3) is 4.80. The number of nitrogens with zero attached hydrogens (tertiary/aromatic N) is 1. The average Bonchev–Trinajstić information content (AvgIpc) is 2.66. The van der Waals surface area contributed by atoms with E-state index in [-0.39, 0.29) is 0 Å². The third-order valence-corrected chi connectivity index (χ3v) is 7.26. The van der Waals surface area contributed by atoms with E-state index >= 15 is 0 Å². The molecule has 0 aromatic heterocycles. The van der Waals surface area contributed by atoms with Crippen LogP contribution >= 0.6 is 0 Å². The maximum absolute atomic E-state index is 12.7. The Labute approximate surface area is 174 Å². The highest BCUT2D eigenvalue weighted by molar-refractivity contribution is 7.89. The lowest BCUT2D eigenvalue weighted by atomic mass is 9.91. The predicted molar refractivity (Wildman–Crippen MR) is 117 cm³/mol. The fraction of sp³-hybridized carbons (Fsp3) is 0.435. The standard InChI is InChI=1S/C23H29N3O2S/c1-16-13-17(2)23(18(3)14-16)29(27,28)26-12-5-4-7-20-19(15-24)9-10-22-21(20)8-6-11-25-22/h9-10,13-14,25-26H,4-8,11-12H2,1-3H3. The molecule has 0 radical (unpaired) electrons. The van der Waals surface area contributed by atoms with Crippen LogP contribution in [0.2, 0.25) is 0 Å². The number of unbranched alkanes of at least 4 members (excludes halogenated alkanes) is 1. The van der Waals surface area contributed by atoms with Crippen molar-refractivity contribution in [3.63, 3.8) is 0 Å². The minimum absolute atomic E-state index is 0.387. The highest BCUT2D eigenvalue weighted by Crippen LogP contribution is 2.29. The molecule has 1 aliphatic rings. The van der Waals surface area contributed by atoms with Gasteiger partial charge in [0, 0.05) is 18.8 Å². The molecule has 0 bridgehead atoms. The van der Waals surface area contributed by atoms with Crippen LogP contribution in [0.3, 0.4) is 0 Å². The second-order valence-electron chi connectivity index (χ2n) is 7.84. The quantitative estimate of drug-likeness (QED) is 0.671. The molecule has 29 heavy (non-hydrogen) atoms. The molecule has 0 unspecified atom stereocenters. The molecule has 0 fully saturated rings. The largest absolute Gasteiger partial charge is 0.385 e. The van der Waals surface area contributed by atoms with Crippen LogP contribution in [0.4, 0.5) is 5.69 Å². The van der Waals surface area contributed by atoms with Gasteiger partial charge in [0.1, 0.15) is 0 Å². The minimum atomic E-state index is -3.52. The van der Waals surface area contributed by atoms with Crippen molar-refractivity contribution in [2.75, 3.05) is 18.4 Å². The summed E-state index contributed by atoms with van der Waals surface area (Å²) in [6.45, 7) is 7.01. The Morgan fingerprint density at radius 3 is 2.55 bits per heavy atom. The van der Waals surface area contributed by atoms with E-state index in [1.807, 2.05) is 45.0 Å². The average molecular weight is 412 g/mol. The fourth-order valence-corrected chi connectivity index (χ4v) is 5.84. The molecule has 0 spiro atoms. The first-order valence-electron chi connectivity index (χ1n) is 10.2. The van der Waals surface area contributed by atoms with E-state index in [1.54, 1.807) is 0 Å². The molecule has 0 aliphatic carbocycles. The number of nitrogens with one attached hydrogen (secondary N) is 2. The molecule has 0 atom stereocenters. The molecule has 6 heteroatoms. The summed E-state index contributed by atoms with van der Waals surface area (Å²) in [5, 5.41) is 12.9. The van der Waals surface area contributed by atoms with Gasteiger partial charge in [0.2, 0.25) is 10.0 Å². The summed E-state index contributed by atoms with van der Waals surface area (Å²) >= 11 is 0. The number of sulfonamides is 1. The topological polar surface area (TPSA) is 82.0 Å². The van der Waals surface area contributed by atoms with Crippen LogP contribution in [0.25, 0.3) is 0 Å². The van der Waals surface area contributed by atoms with Gasteiger partial charge in [0.15, 0.2) is 0 Å². The van der Waals surface area contributed by atoms with E-state index in [4.69, 9.17) is 0 Å². The number of rotatable bonds is 7. The SMILES string of the molecule is Cc1cc(C)c(S(=O)(=O)NCCCCc2c(C#N)ccc3c2CCCN3)c(C)c1. The molecular formula is C23H29N3O2S. The molecule has 154 valence electrons. The maximum Gasteiger partial charge on any atom is 0.241 e. The lowest BCUT2D eigenvalue weighted by Gasteiger charge is -2.22. The second-order valence-corrected chi connectivity index (χ2v) is 9.55. The first kappa shape index (κ1) is 21.4. The molecule has 0 saturated heterocycles. The van der Waals surface area contributed by atoms with Gasteiger partial charge in [0.25, 0.3) is 0 Å². The molecule has 1 aliphatic heterocycles. The number of hydrogen-bond acceptors (Lipinski definition) is 4. The van der Waals surface area contributed by atoms with Crippen molar-refractivity contribution in [1.29, 1.82) is 5.26 Å². The molecule has 1 heterocycles. The number of hydrogen-bond donors (Lipinski definition) is 2. The maximum atomic E-state index is 12.7. The van der Waals surface area contributed by atoms with Crippen LogP contribution in [-0.4, -0.2) is 21.5 Å². The van der Waals surface area contributed by atoms with E-state index in [1.165, 1.54) is 5.56 Å². The van der Waals surface area contributed by atoms with Crippen LogP contribution < -0.4 is 10.0 Å². The van der Waals surface area contributed by atoms with Crippen molar-refractivity contribution in [2.45, 2.75) is 57.8 Å². The molecule has 3 rings (SSSR count). The zero-order valence-corrected chi connectivity index (χ0v) is 18.2. The number of benzene rings is 2. The highest BCUT2D eigenvalue weighted by Gasteiger charge is 2.20. The summed E-state index contributed by atoms with van der Waals surface area (Å²) in [5.41, 5.74) is 6.85. The summed E-state index contributed by atoms with van der Waals surface area (Å²) in [5.74, 6) is 0. The van der Waals surface area contributed by atoms with Crippen LogP contribution in [0, 0.1) is 32.1 Å². The number of anilines is 1. The Balaban J connectivity index is 1.62. The fourth-order valence-electron chi connectivity index (χ4n) is 4.32. The Bertz CT molecular complexity index is 1030. The molecular weight excluding hydrogens is 382 g/mol. The van der Waals surface area contributed by atoms with Crippen molar-refractivity contribution in [2.24, 2.45) is 0 Å². The minimum Gasteiger partial charge on any atom is -0.385 e. The Morgan fingerprint density at radius 1 is 1.14 bits per heavy atom. The van der Waals surface area contributed by atoms with E-state index in [0.29, 0.717) is 11.4 Å². The zero-order chi connectivity index (χ0) is 21.0. The Hall–Kier alpha value is -2.36. The summed E-state index contributed by atoms with van der Waals surface area (Å²) in [6, 6.07) is 9.99. The Kier molecular flexibility index (Phi) is 6.61. The van der Waals surface area contributed by atoms with Gasteiger partial charge in [-0.15, -0.1) is 0 Å². The number of fused-ring (bicyclic) bond motifs is 1. The van der Waals surface area contributed by atoms with Crippen LogP contribution in [0.5, 0.6) is 0 Å². The van der Waals surface area contributed by atoms with Gasteiger partial charge in [-0.05, 0) is 87.3 Å². The van der Waals surface area contributed by atoms with Crippen LogP contribution in [0.15, 0.2) is 29.2 Å². The molecule has 2 N–H and O–H groups in total. The summed E-state index contributed by atoms with van der Waals surface area (Å²) < 4.78 is 28.2. The van der Waals surface area contributed by atoms with Gasteiger partial charge in [-0.1, -0.05) is 17.7 Å². The first-order valence-corrected chi connectivity index (χ1v) is 11.7. The summed E-state index contributed by atoms with van der Waals surface area (Å²) in [4.78, 5) is 0.387. The normalized spacial score (nSPS) is 13.4. The van der Waals surface area contributed by atoms with Crippen molar-refractivity contribution < 1.29 is 8.42 Å². The van der Waals surface area contributed by atoms with Crippen molar-refractivity contribution in [1.82, 2.24) is 4.72 Å². The van der Waals surface area contributed by atoms with Gasteiger partial charge in [0.05, 0.1) is 16.5 Å². The lowest BCUT2D eigenvalue weighted by Crippen LogP contribution is -2.26. The van der Waals surface area contributed by atoms with E-state index in [2.05, 4.69) is 16.1 Å². The molecule has 0 saturated carbocycles. The van der Waals surface area contributed by atoms with Crippen molar-refractivity contribution >= 4 is 15.7 Å². The van der Waals surface area contributed by atoms with Crippen LogP contribution in [-0.2, 0) is 22.9 Å². The monoisotopic (exact) mass is 411 g/mol. The van der Waals surface area contributed by atoms with Gasteiger partial charge >= 0.3 is 0 Å². The molecule has 2 aromatic rings.